The molecule has 0 aliphatic rings. The highest BCUT2D eigenvalue weighted by Gasteiger charge is 2.12. The monoisotopic (exact) mass is 294 g/mol. The van der Waals surface area contributed by atoms with Crippen molar-refractivity contribution in [1.82, 2.24) is 9.55 Å². The SMILES string of the molecule is COc1cccc(C(O)Cn2ccnc2-c2ccccc2)c1. The van der Waals surface area contributed by atoms with E-state index < -0.39 is 6.10 Å². The van der Waals surface area contributed by atoms with Crippen LogP contribution in [0.25, 0.3) is 11.4 Å². The Morgan fingerprint density at radius 3 is 2.73 bits per heavy atom. The predicted molar refractivity (Wildman–Crippen MR) is 85.6 cm³/mol. The van der Waals surface area contributed by atoms with Gasteiger partial charge in [-0.15, -0.1) is 0 Å². The van der Waals surface area contributed by atoms with Crippen LogP contribution >= 0.6 is 0 Å². The molecule has 1 N–H and O–H groups in total. The Balaban J connectivity index is 1.83. The van der Waals surface area contributed by atoms with Gasteiger partial charge in [0, 0.05) is 18.0 Å². The summed E-state index contributed by atoms with van der Waals surface area (Å²) >= 11 is 0. The highest BCUT2D eigenvalue weighted by atomic mass is 16.5. The third-order valence-corrected chi connectivity index (χ3v) is 3.60. The van der Waals surface area contributed by atoms with Crippen molar-refractivity contribution < 1.29 is 9.84 Å². The van der Waals surface area contributed by atoms with Crippen molar-refractivity contribution in [2.24, 2.45) is 0 Å². The first-order chi connectivity index (χ1) is 10.8. The van der Waals surface area contributed by atoms with Crippen LogP contribution in [-0.4, -0.2) is 21.8 Å². The van der Waals surface area contributed by atoms with E-state index in [9.17, 15) is 5.11 Å². The van der Waals surface area contributed by atoms with Crippen LogP contribution in [0.2, 0.25) is 0 Å². The summed E-state index contributed by atoms with van der Waals surface area (Å²) in [6, 6.07) is 17.4. The molecule has 0 amide bonds. The number of aliphatic hydroxyl groups is 1. The van der Waals surface area contributed by atoms with Gasteiger partial charge in [0.15, 0.2) is 0 Å². The molecule has 0 spiro atoms. The van der Waals surface area contributed by atoms with Gasteiger partial charge in [-0.25, -0.2) is 4.98 Å². The molecule has 0 aliphatic heterocycles. The highest BCUT2D eigenvalue weighted by Crippen LogP contribution is 2.23. The highest BCUT2D eigenvalue weighted by molar-refractivity contribution is 5.55. The number of aromatic nitrogens is 2. The Morgan fingerprint density at radius 1 is 1.14 bits per heavy atom. The molecule has 112 valence electrons. The van der Waals surface area contributed by atoms with Crippen molar-refractivity contribution in [3.8, 4) is 17.1 Å². The lowest BCUT2D eigenvalue weighted by molar-refractivity contribution is 0.156. The minimum atomic E-state index is -0.619. The van der Waals surface area contributed by atoms with Crippen molar-refractivity contribution in [2.45, 2.75) is 12.6 Å². The quantitative estimate of drug-likeness (QED) is 0.785. The molecule has 0 saturated heterocycles. The van der Waals surface area contributed by atoms with E-state index in [4.69, 9.17) is 4.74 Å². The Kier molecular flexibility index (Phi) is 4.21. The van der Waals surface area contributed by atoms with Gasteiger partial charge in [0.2, 0.25) is 0 Å². The van der Waals surface area contributed by atoms with Crippen molar-refractivity contribution in [2.75, 3.05) is 7.11 Å². The Morgan fingerprint density at radius 2 is 1.95 bits per heavy atom. The second kappa shape index (κ2) is 6.45. The van der Waals surface area contributed by atoms with E-state index in [0.717, 1.165) is 22.7 Å². The van der Waals surface area contributed by atoms with Crippen LogP contribution in [0.4, 0.5) is 0 Å². The average molecular weight is 294 g/mol. The molecule has 3 rings (SSSR count). The van der Waals surface area contributed by atoms with E-state index in [0.29, 0.717) is 6.54 Å². The van der Waals surface area contributed by atoms with Crippen LogP contribution in [0.1, 0.15) is 11.7 Å². The van der Waals surface area contributed by atoms with Gasteiger partial charge in [-0.05, 0) is 17.7 Å². The lowest BCUT2D eigenvalue weighted by atomic mass is 10.1. The van der Waals surface area contributed by atoms with E-state index in [2.05, 4.69) is 4.98 Å². The van der Waals surface area contributed by atoms with Crippen LogP contribution < -0.4 is 4.74 Å². The number of benzene rings is 2. The van der Waals surface area contributed by atoms with Crippen LogP contribution in [0.5, 0.6) is 5.75 Å². The first-order valence-electron chi connectivity index (χ1n) is 7.16. The van der Waals surface area contributed by atoms with Gasteiger partial charge >= 0.3 is 0 Å². The number of rotatable bonds is 5. The van der Waals surface area contributed by atoms with Gasteiger partial charge in [0.05, 0.1) is 19.8 Å². The molecule has 1 heterocycles. The number of hydrogen-bond acceptors (Lipinski definition) is 3. The average Bonchev–Trinajstić information content (AvgIpc) is 3.04. The van der Waals surface area contributed by atoms with E-state index >= 15 is 0 Å². The van der Waals surface area contributed by atoms with Crippen molar-refractivity contribution >= 4 is 0 Å². The molecule has 4 nitrogen and oxygen atoms in total. The molecule has 1 atom stereocenters. The zero-order chi connectivity index (χ0) is 15.4. The maximum atomic E-state index is 10.5. The van der Waals surface area contributed by atoms with Gasteiger partial charge < -0.3 is 14.4 Å². The van der Waals surface area contributed by atoms with Gasteiger partial charge in [0.25, 0.3) is 0 Å². The summed E-state index contributed by atoms with van der Waals surface area (Å²) in [5.74, 6) is 1.59. The molecule has 0 radical (unpaired) electrons. The maximum absolute atomic E-state index is 10.5. The van der Waals surface area contributed by atoms with Crippen molar-refractivity contribution in [1.29, 1.82) is 0 Å². The van der Waals surface area contributed by atoms with Crippen molar-refractivity contribution in [3.63, 3.8) is 0 Å². The lowest BCUT2D eigenvalue weighted by Gasteiger charge is -2.15. The summed E-state index contributed by atoms with van der Waals surface area (Å²) in [5.41, 5.74) is 1.86. The summed E-state index contributed by atoms with van der Waals surface area (Å²) in [7, 11) is 1.62. The summed E-state index contributed by atoms with van der Waals surface area (Å²) in [4.78, 5) is 4.39. The van der Waals surface area contributed by atoms with E-state index in [1.807, 2.05) is 65.4 Å². The molecule has 4 heteroatoms. The molecule has 1 aromatic heterocycles. The third kappa shape index (κ3) is 3.02. The number of aliphatic hydroxyl groups excluding tert-OH is 1. The molecule has 2 aromatic carbocycles. The normalized spacial score (nSPS) is 12.1. The minimum Gasteiger partial charge on any atom is -0.497 e. The topological polar surface area (TPSA) is 47.3 Å². The standard InChI is InChI=1S/C18H18N2O2/c1-22-16-9-5-8-15(12-16)17(21)13-20-11-10-19-18(20)14-6-3-2-4-7-14/h2-12,17,21H,13H2,1H3. The summed E-state index contributed by atoms with van der Waals surface area (Å²) in [6.07, 6.45) is 3.01. The molecular weight excluding hydrogens is 276 g/mol. The Bertz CT molecular complexity index is 738. The number of nitrogens with zero attached hydrogens (tertiary/aromatic N) is 2. The smallest absolute Gasteiger partial charge is 0.139 e. The molecule has 22 heavy (non-hydrogen) atoms. The fourth-order valence-corrected chi connectivity index (χ4v) is 2.44. The van der Waals surface area contributed by atoms with Gasteiger partial charge in [-0.1, -0.05) is 42.5 Å². The molecule has 1 unspecified atom stereocenters. The molecule has 0 saturated carbocycles. The molecule has 0 bridgehead atoms. The number of methoxy groups -OCH3 is 1. The van der Waals surface area contributed by atoms with E-state index in [-0.39, 0.29) is 0 Å². The zero-order valence-electron chi connectivity index (χ0n) is 12.4. The van der Waals surface area contributed by atoms with Gasteiger partial charge in [0.1, 0.15) is 11.6 Å². The third-order valence-electron chi connectivity index (χ3n) is 3.60. The first-order valence-corrected chi connectivity index (χ1v) is 7.16. The second-order valence-electron chi connectivity index (χ2n) is 5.06. The molecule has 3 aromatic rings. The number of ether oxygens (including phenoxy) is 1. The fourth-order valence-electron chi connectivity index (χ4n) is 2.44. The largest absolute Gasteiger partial charge is 0.497 e. The Hall–Kier alpha value is -2.59. The second-order valence-corrected chi connectivity index (χ2v) is 5.06. The van der Waals surface area contributed by atoms with E-state index in [1.165, 1.54) is 0 Å². The van der Waals surface area contributed by atoms with E-state index in [1.54, 1.807) is 13.3 Å². The summed E-state index contributed by atoms with van der Waals surface area (Å²) in [5, 5.41) is 10.5. The van der Waals surface area contributed by atoms with Gasteiger partial charge in [-0.3, -0.25) is 0 Å². The van der Waals surface area contributed by atoms with Crippen LogP contribution in [0.15, 0.2) is 67.0 Å². The fraction of sp³-hybridized carbons (Fsp3) is 0.167. The summed E-state index contributed by atoms with van der Waals surface area (Å²) < 4.78 is 7.16. The molecule has 0 aliphatic carbocycles. The lowest BCUT2D eigenvalue weighted by Crippen LogP contribution is -2.09. The minimum absolute atomic E-state index is 0.442. The maximum Gasteiger partial charge on any atom is 0.139 e. The molecular formula is C18H18N2O2. The molecule has 0 fully saturated rings. The number of hydrogen-bond donors (Lipinski definition) is 1. The van der Waals surface area contributed by atoms with Crippen LogP contribution in [-0.2, 0) is 6.54 Å². The predicted octanol–water partition coefficient (Wildman–Crippen LogP) is 3.29. The van der Waals surface area contributed by atoms with Crippen LogP contribution in [0.3, 0.4) is 0 Å². The zero-order valence-corrected chi connectivity index (χ0v) is 12.4. The van der Waals surface area contributed by atoms with Crippen LogP contribution in [0, 0.1) is 0 Å². The number of imidazole rings is 1. The first kappa shape index (κ1) is 14.4. The Labute approximate surface area is 129 Å². The van der Waals surface area contributed by atoms with Gasteiger partial charge in [-0.2, -0.15) is 0 Å². The summed E-state index contributed by atoms with van der Waals surface area (Å²) in [6.45, 7) is 0.442. The van der Waals surface area contributed by atoms with Crippen molar-refractivity contribution in [3.05, 3.63) is 72.6 Å².